The van der Waals surface area contributed by atoms with Crippen LogP contribution in [0.3, 0.4) is 0 Å². The maximum atomic E-state index is 14.1. The molecule has 1 unspecified atom stereocenters. The van der Waals surface area contributed by atoms with E-state index in [1.165, 1.54) is 4.90 Å². The van der Waals surface area contributed by atoms with Crippen LogP contribution in [0.25, 0.3) is 0 Å². The minimum Gasteiger partial charge on any atom is -0.354 e. The molecule has 0 heterocycles. The Morgan fingerprint density at radius 2 is 1.61 bits per heavy atom. The van der Waals surface area contributed by atoms with Crippen molar-refractivity contribution in [2.75, 3.05) is 23.7 Å². The highest BCUT2D eigenvalue weighted by Crippen LogP contribution is 2.26. The molecule has 0 aliphatic carbocycles. The van der Waals surface area contributed by atoms with Crippen molar-refractivity contribution < 1.29 is 18.0 Å². The first-order valence-electron chi connectivity index (χ1n) is 13.5. The average molecular weight is 619 g/mol. The Morgan fingerprint density at radius 1 is 0.951 bits per heavy atom. The fraction of sp³-hybridized carbons (Fsp3) is 0.355. The van der Waals surface area contributed by atoms with Crippen LogP contribution < -0.4 is 9.62 Å². The van der Waals surface area contributed by atoms with E-state index in [2.05, 4.69) is 5.32 Å². The number of anilines is 1. The molecule has 7 nitrogen and oxygen atoms in total. The molecule has 0 aromatic heterocycles. The van der Waals surface area contributed by atoms with Crippen molar-refractivity contribution in [1.29, 1.82) is 0 Å². The van der Waals surface area contributed by atoms with Gasteiger partial charge in [-0.15, -0.1) is 0 Å². The van der Waals surface area contributed by atoms with Crippen LogP contribution in [0.1, 0.15) is 49.8 Å². The molecule has 0 saturated carbocycles. The van der Waals surface area contributed by atoms with Crippen molar-refractivity contribution in [3.63, 3.8) is 0 Å². The number of nitrogens with zero attached hydrogens (tertiary/aromatic N) is 2. The zero-order chi connectivity index (χ0) is 30.2. The summed E-state index contributed by atoms with van der Waals surface area (Å²) in [5.41, 5.74) is 2.85. The van der Waals surface area contributed by atoms with Crippen LogP contribution in [-0.2, 0) is 32.6 Å². The van der Waals surface area contributed by atoms with Crippen LogP contribution in [0.15, 0.2) is 72.8 Å². The lowest BCUT2D eigenvalue weighted by Gasteiger charge is -2.33. The number of rotatable bonds is 13. The number of amides is 2. The highest BCUT2D eigenvalue weighted by atomic mass is 35.5. The minimum absolute atomic E-state index is 0.0181. The number of halogens is 2. The van der Waals surface area contributed by atoms with Crippen molar-refractivity contribution >= 4 is 50.7 Å². The first kappa shape index (κ1) is 32.4. The largest absolute Gasteiger partial charge is 0.354 e. The van der Waals surface area contributed by atoms with E-state index in [0.717, 1.165) is 28.1 Å². The Bertz CT molecular complexity index is 1430. The lowest BCUT2D eigenvalue weighted by Crippen LogP contribution is -2.53. The summed E-state index contributed by atoms with van der Waals surface area (Å²) >= 11 is 12.6. The topological polar surface area (TPSA) is 86.8 Å². The molecule has 0 fully saturated rings. The molecule has 3 aromatic carbocycles. The highest BCUT2D eigenvalue weighted by Gasteiger charge is 2.33. The second-order valence-corrected chi connectivity index (χ2v) is 13.0. The number of benzene rings is 3. The van der Waals surface area contributed by atoms with Crippen LogP contribution in [0.2, 0.25) is 10.0 Å². The predicted octanol–water partition coefficient (Wildman–Crippen LogP) is 6.05. The second kappa shape index (κ2) is 14.7. The Morgan fingerprint density at radius 3 is 2.17 bits per heavy atom. The average Bonchev–Trinajstić information content (AvgIpc) is 2.93. The molecule has 0 bridgehead atoms. The van der Waals surface area contributed by atoms with Crippen LogP contribution in [0.4, 0.5) is 5.69 Å². The van der Waals surface area contributed by atoms with Crippen molar-refractivity contribution in [3.05, 3.63) is 99.5 Å². The lowest BCUT2D eigenvalue weighted by molar-refractivity contribution is -0.140. The number of hydrogen-bond acceptors (Lipinski definition) is 4. The Balaban J connectivity index is 2.06. The molecule has 0 spiro atoms. The third-order valence-corrected chi connectivity index (χ3v) is 8.43. The quantitative estimate of drug-likeness (QED) is 0.253. The summed E-state index contributed by atoms with van der Waals surface area (Å²) in [5.74, 6) is -0.611. The van der Waals surface area contributed by atoms with Crippen molar-refractivity contribution in [3.8, 4) is 0 Å². The predicted molar refractivity (Wildman–Crippen MR) is 167 cm³/mol. The normalized spacial score (nSPS) is 12.2. The fourth-order valence-corrected chi connectivity index (χ4v) is 5.71. The summed E-state index contributed by atoms with van der Waals surface area (Å²) in [5, 5.41) is 3.69. The monoisotopic (exact) mass is 617 g/mol. The van der Waals surface area contributed by atoms with Gasteiger partial charge in [0.25, 0.3) is 0 Å². The highest BCUT2D eigenvalue weighted by molar-refractivity contribution is 7.92. The molecule has 1 atom stereocenters. The lowest BCUT2D eigenvalue weighted by atomic mass is 10.0. The zero-order valence-corrected chi connectivity index (χ0v) is 26.1. The Kier molecular flexibility index (Phi) is 11.6. The van der Waals surface area contributed by atoms with Gasteiger partial charge in [-0.1, -0.05) is 92.5 Å². The SMILES string of the molecule is CCCNC(=O)C(Cc1ccccc1)N(Cc1ccc(Cl)cc1Cl)C(=O)CN(c1ccc(C(C)C)cc1)S(C)(=O)=O. The number of carbonyl (C=O) groups is 2. The number of nitrogens with one attached hydrogen (secondary N) is 1. The van der Waals surface area contributed by atoms with Gasteiger partial charge in [-0.25, -0.2) is 8.42 Å². The molecule has 3 rings (SSSR count). The molecular weight excluding hydrogens is 581 g/mol. The van der Waals surface area contributed by atoms with E-state index in [4.69, 9.17) is 23.2 Å². The van der Waals surface area contributed by atoms with E-state index in [9.17, 15) is 18.0 Å². The molecule has 2 amide bonds. The molecule has 10 heteroatoms. The first-order chi connectivity index (χ1) is 19.4. The van der Waals surface area contributed by atoms with Gasteiger partial charge in [-0.05, 0) is 53.3 Å². The van der Waals surface area contributed by atoms with Crippen molar-refractivity contribution in [2.24, 2.45) is 0 Å². The van der Waals surface area contributed by atoms with E-state index < -0.39 is 28.5 Å². The summed E-state index contributed by atoms with van der Waals surface area (Å²) in [6.45, 7) is 5.96. The van der Waals surface area contributed by atoms with E-state index in [1.807, 2.05) is 63.2 Å². The summed E-state index contributed by atoms with van der Waals surface area (Å²) in [4.78, 5) is 29.1. The van der Waals surface area contributed by atoms with Crippen molar-refractivity contribution in [2.45, 2.75) is 52.1 Å². The standard InChI is InChI=1S/C31H37Cl2N3O4S/c1-5-17-34-31(38)29(18-23-9-7-6-8-10-23)35(20-25-11-14-26(32)19-28(25)33)30(37)21-36(41(4,39)40)27-15-12-24(13-16-27)22(2)3/h6-16,19,22,29H,5,17-18,20-21H2,1-4H3,(H,34,38). The van der Waals surface area contributed by atoms with E-state index >= 15 is 0 Å². The minimum atomic E-state index is -3.84. The van der Waals surface area contributed by atoms with Crippen LogP contribution in [0.5, 0.6) is 0 Å². The molecule has 3 aromatic rings. The van der Waals surface area contributed by atoms with Crippen LogP contribution in [0, 0.1) is 0 Å². The molecule has 41 heavy (non-hydrogen) atoms. The summed E-state index contributed by atoms with van der Waals surface area (Å²) in [6.07, 6.45) is 2.01. The first-order valence-corrected chi connectivity index (χ1v) is 16.1. The van der Waals surface area contributed by atoms with Gasteiger partial charge in [-0.2, -0.15) is 0 Å². The van der Waals surface area contributed by atoms with E-state index in [0.29, 0.717) is 27.8 Å². The molecule has 220 valence electrons. The van der Waals surface area contributed by atoms with E-state index in [-0.39, 0.29) is 24.8 Å². The third kappa shape index (κ3) is 9.21. The molecule has 1 N–H and O–H groups in total. The van der Waals surface area contributed by atoms with Gasteiger partial charge in [0.1, 0.15) is 12.6 Å². The maximum absolute atomic E-state index is 14.1. The third-order valence-electron chi connectivity index (χ3n) is 6.70. The summed E-state index contributed by atoms with van der Waals surface area (Å²) in [6, 6.07) is 20.5. The van der Waals surface area contributed by atoms with Crippen molar-refractivity contribution in [1.82, 2.24) is 10.2 Å². The number of hydrogen-bond donors (Lipinski definition) is 1. The molecule has 0 saturated heterocycles. The van der Waals surface area contributed by atoms with Crippen LogP contribution in [-0.4, -0.2) is 50.5 Å². The second-order valence-electron chi connectivity index (χ2n) is 10.3. The zero-order valence-electron chi connectivity index (χ0n) is 23.8. The summed E-state index contributed by atoms with van der Waals surface area (Å²) in [7, 11) is -3.84. The van der Waals surface area contributed by atoms with Gasteiger partial charge >= 0.3 is 0 Å². The van der Waals surface area contributed by atoms with Gasteiger partial charge in [0.15, 0.2) is 0 Å². The molecule has 0 aliphatic heterocycles. The van der Waals surface area contributed by atoms with Gasteiger partial charge in [0.05, 0.1) is 11.9 Å². The summed E-state index contributed by atoms with van der Waals surface area (Å²) < 4.78 is 26.9. The molecular formula is C31H37Cl2N3O4S. The molecule has 0 aliphatic rings. The Labute approximate surface area is 253 Å². The van der Waals surface area contributed by atoms with Gasteiger partial charge in [0, 0.05) is 29.6 Å². The maximum Gasteiger partial charge on any atom is 0.244 e. The van der Waals surface area contributed by atoms with E-state index in [1.54, 1.807) is 30.3 Å². The fourth-order valence-electron chi connectivity index (χ4n) is 4.39. The Hall–Kier alpha value is -3.07. The number of sulfonamides is 1. The number of carbonyl (C=O) groups excluding carboxylic acids is 2. The van der Waals surface area contributed by atoms with Gasteiger partial charge in [-0.3, -0.25) is 13.9 Å². The van der Waals surface area contributed by atoms with Gasteiger partial charge < -0.3 is 10.2 Å². The van der Waals surface area contributed by atoms with Crippen LogP contribution >= 0.6 is 23.2 Å². The molecule has 0 radical (unpaired) electrons. The van der Waals surface area contributed by atoms with Gasteiger partial charge in [0.2, 0.25) is 21.8 Å². The smallest absolute Gasteiger partial charge is 0.244 e.